The van der Waals surface area contributed by atoms with Crippen LogP contribution in [0.4, 0.5) is 0 Å². The number of H-pyrrole nitrogens is 1. The van der Waals surface area contributed by atoms with Crippen LogP contribution < -0.4 is 17.1 Å². The van der Waals surface area contributed by atoms with Crippen LogP contribution in [0.2, 0.25) is 0 Å². The fourth-order valence-electron chi connectivity index (χ4n) is 1.08. The lowest BCUT2D eigenvalue weighted by molar-refractivity contribution is -0.726. The van der Waals surface area contributed by atoms with Crippen molar-refractivity contribution < 1.29 is 17.1 Å². The SMILES string of the molecule is C=Cc1c[n+](-n2cccc2)c[nH]1.[Cl-]. The summed E-state index contributed by atoms with van der Waals surface area (Å²) in [6, 6.07) is 3.96. The Morgan fingerprint density at radius 3 is 2.62 bits per heavy atom. The highest BCUT2D eigenvalue weighted by Crippen LogP contribution is 1.91. The van der Waals surface area contributed by atoms with E-state index in [2.05, 4.69) is 11.6 Å². The first-order valence-electron chi connectivity index (χ1n) is 3.76. The fraction of sp³-hybridized carbons (Fsp3) is 0. The lowest BCUT2D eigenvalue weighted by atomic mass is 10.5. The maximum Gasteiger partial charge on any atom is 0.266 e. The molecule has 2 aromatic rings. The summed E-state index contributed by atoms with van der Waals surface area (Å²) >= 11 is 0. The maximum absolute atomic E-state index is 3.67. The predicted octanol–water partition coefficient (Wildman–Crippen LogP) is -1.94. The minimum absolute atomic E-state index is 0. The number of halogens is 1. The van der Waals surface area contributed by atoms with Crippen LogP contribution in [0.1, 0.15) is 5.69 Å². The third-order valence-electron chi connectivity index (χ3n) is 1.71. The molecule has 4 heteroatoms. The van der Waals surface area contributed by atoms with Gasteiger partial charge in [-0.2, -0.15) is 4.68 Å². The van der Waals surface area contributed by atoms with E-state index in [9.17, 15) is 0 Å². The molecular weight excluding hydrogens is 186 g/mol. The van der Waals surface area contributed by atoms with E-state index in [1.807, 2.05) is 46.4 Å². The van der Waals surface area contributed by atoms with Crippen LogP contribution in [0.3, 0.4) is 0 Å². The molecule has 13 heavy (non-hydrogen) atoms. The highest BCUT2D eigenvalue weighted by atomic mass is 35.5. The molecule has 0 aliphatic rings. The largest absolute Gasteiger partial charge is 1.00 e. The second-order valence-electron chi connectivity index (χ2n) is 2.51. The van der Waals surface area contributed by atoms with Gasteiger partial charge in [0.2, 0.25) is 0 Å². The van der Waals surface area contributed by atoms with Gasteiger partial charge in [0.25, 0.3) is 6.33 Å². The molecule has 0 saturated carbocycles. The van der Waals surface area contributed by atoms with Gasteiger partial charge in [0.1, 0.15) is 0 Å². The number of nitrogens with zero attached hydrogens (tertiary/aromatic N) is 2. The number of hydrogen-bond acceptors (Lipinski definition) is 0. The molecular formula is C9H10ClN3. The van der Waals surface area contributed by atoms with Crippen molar-refractivity contribution >= 4 is 6.08 Å². The lowest BCUT2D eigenvalue weighted by Gasteiger charge is -1.91. The van der Waals surface area contributed by atoms with Crippen molar-refractivity contribution in [3.8, 4) is 0 Å². The molecule has 0 radical (unpaired) electrons. The predicted molar refractivity (Wildman–Crippen MR) is 46.3 cm³/mol. The lowest BCUT2D eigenvalue weighted by Crippen LogP contribution is -3.00. The van der Waals surface area contributed by atoms with E-state index in [0.29, 0.717) is 0 Å². The van der Waals surface area contributed by atoms with E-state index in [-0.39, 0.29) is 12.4 Å². The van der Waals surface area contributed by atoms with Crippen molar-refractivity contribution in [3.05, 3.63) is 49.3 Å². The maximum atomic E-state index is 3.67. The smallest absolute Gasteiger partial charge is 0.266 e. The molecule has 0 saturated heterocycles. The summed E-state index contributed by atoms with van der Waals surface area (Å²) < 4.78 is 3.90. The first-order valence-corrected chi connectivity index (χ1v) is 3.76. The first kappa shape index (κ1) is 9.61. The number of nitrogens with one attached hydrogen (secondary N) is 1. The molecule has 1 N–H and O–H groups in total. The highest BCUT2D eigenvalue weighted by molar-refractivity contribution is 5.37. The van der Waals surface area contributed by atoms with E-state index in [1.54, 1.807) is 6.08 Å². The minimum atomic E-state index is 0. The van der Waals surface area contributed by atoms with Gasteiger partial charge in [-0.1, -0.05) is 6.58 Å². The number of rotatable bonds is 2. The van der Waals surface area contributed by atoms with Gasteiger partial charge in [-0.15, -0.1) is 4.68 Å². The number of hydrogen-bond donors (Lipinski definition) is 1. The summed E-state index contributed by atoms with van der Waals surface area (Å²) in [4.78, 5) is 3.07. The Morgan fingerprint density at radius 1 is 1.38 bits per heavy atom. The summed E-state index contributed by atoms with van der Waals surface area (Å²) in [5, 5.41) is 0. The van der Waals surface area contributed by atoms with Gasteiger partial charge in [-0.3, -0.25) is 0 Å². The first-order chi connectivity index (χ1) is 5.90. The molecule has 0 bridgehead atoms. The molecule has 2 rings (SSSR count). The zero-order valence-corrected chi connectivity index (χ0v) is 7.78. The van der Waals surface area contributed by atoms with Crippen molar-refractivity contribution in [3.63, 3.8) is 0 Å². The van der Waals surface area contributed by atoms with Gasteiger partial charge < -0.3 is 12.4 Å². The second kappa shape index (κ2) is 3.96. The van der Waals surface area contributed by atoms with Crippen molar-refractivity contribution in [2.24, 2.45) is 0 Å². The zero-order chi connectivity index (χ0) is 8.39. The molecule has 0 aliphatic carbocycles. The van der Waals surface area contributed by atoms with Gasteiger partial charge in [0.05, 0.1) is 0 Å². The Balaban J connectivity index is 0.000000845. The molecule has 68 valence electrons. The van der Waals surface area contributed by atoms with Gasteiger partial charge in [0, 0.05) is 12.4 Å². The van der Waals surface area contributed by atoms with Crippen LogP contribution in [0.5, 0.6) is 0 Å². The average molecular weight is 196 g/mol. The van der Waals surface area contributed by atoms with Gasteiger partial charge in [-0.25, -0.2) is 4.98 Å². The summed E-state index contributed by atoms with van der Waals surface area (Å²) in [5.41, 5.74) is 1.00. The third-order valence-corrected chi connectivity index (χ3v) is 1.71. The summed E-state index contributed by atoms with van der Waals surface area (Å²) in [6.07, 6.45) is 9.56. The number of aromatic nitrogens is 3. The summed E-state index contributed by atoms with van der Waals surface area (Å²) in [6.45, 7) is 3.67. The Labute approximate surface area is 82.7 Å². The minimum Gasteiger partial charge on any atom is -1.00 e. The van der Waals surface area contributed by atoms with Gasteiger partial charge in [0.15, 0.2) is 11.9 Å². The van der Waals surface area contributed by atoms with Crippen LogP contribution in [-0.2, 0) is 0 Å². The topological polar surface area (TPSA) is 24.6 Å². The van der Waals surface area contributed by atoms with Crippen molar-refractivity contribution in [1.82, 2.24) is 9.66 Å². The molecule has 0 unspecified atom stereocenters. The molecule has 0 aromatic carbocycles. The van der Waals surface area contributed by atoms with Gasteiger partial charge in [-0.05, 0) is 18.2 Å². The van der Waals surface area contributed by atoms with Crippen molar-refractivity contribution in [2.75, 3.05) is 0 Å². The number of imidazole rings is 1. The van der Waals surface area contributed by atoms with E-state index in [4.69, 9.17) is 0 Å². The zero-order valence-electron chi connectivity index (χ0n) is 7.02. The van der Waals surface area contributed by atoms with E-state index >= 15 is 0 Å². The molecule has 3 nitrogen and oxygen atoms in total. The molecule has 2 aromatic heterocycles. The molecule has 0 amide bonds. The molecule has 0 aliphatic heterocycles. The summed E-state index contributed by atoms with van der Waals surface area (Å²) in [7, 11) is 0. The Morgan fingerprint density at radius 2 is 2.08 bits per heavy atom. The molecule has 0 atom stereocenters. The van der Waals surface area contributed by atoms with Crippen LogP contribution in [-0.4, -0.2) is 9.66 Å². The number of aromatic amines is 1. The van der Waals surface area contributed by atoms with E-state index in [0.717, 1.165) is 5.69 Å². The van der Waals surface area contributed by atoms with Gasteiger partial charge >= 0.3 is 0 Å². The Bertz CT molecular complexity index is 375. The van der Waals surface area contributed by atoms with E-state index in [1.165, 1.54) is 0 Å². The van der Waals surface area contributed by atoms with Crippen LogP contribution in [0.15, 0.2) is 43.6 Å². The molecule has 2 heterocycles. The Kier molecular flexibility index (Phi) is 2.93. The monoisotopic (exact) mass is 195 g/mol. The molecule has 0 spiro atoms. The van der Waals surface area contributed by atoms with E-state index < -0.39 is 0 Å². The highest BCUT2D eigenvalue weighted by Gasteiger charge is 2.01. The standard InChI is InChI=1S/C9H9N3.ClH/c1-2-9-7-12(8-10-9)11-5-3-4-6-11;/h2-8H,1H2;1H. The Hall–Kier alpha value is -1.48. The summed E-state index contributed by atoms with van der Waals surface area (Å²) in [5.74, 6) is 0. The van der Waals surface area contributed by atoms with Crippen LogP contribution in [0, 0.1) is 0 Å². The van der Waals surface area contributed by atoms with Crippen molar-refractivity contribution in [1.29, 1.82) is 0 Å². The second-order valence-corrected chi connectivity index (χ2v) is 2.51. The van der Waals surface area contributed by atoms with Crippen molar-refractivity contribution in [2.45, 2.75) is 0 Å². The fourth-order valence-corrected chi connectivity index (χ4v) is 1.08. The third kappa shape index (κ3) is 1.81. The van der Waals surface area contributed by atoms with Crippen LogP contribution in [0.25, 0.3) is 6.08 Å². The quantitative estimate of drug-likeness (QED) is 0.540. The molecule has 0 fully saturated rings. The normalized spacial score (nSPS) is 9.23. The van der Waals surface area contributed by atoms with Crippen LogP contribution >= 0.6 is 0 Å². The average Bonchev–Trinajstić information content (AvgIpc) is 2.75.